The lowest BCUT2D eigenvalue weighted by molar-refractivity contribution is -0.140. The van der Waals surface area contributed by atoms with Gasteiger partial charge in [-0.3, -0.25) is 9.59 Å². The molecule has 0 aliphatic carbocycles. The van der Waals surface area contributed by atoms with Crippen LogP contribution in [-0.4, -0.2) is 91.6 Å². The number of ether oxygens (including phenoxy) is 1. The van der Waals surface area contributed by atoms with Crippen LogP contribution in [0.2, 0.25) is 0 Å². The van der Waals surface area contributed by atoms with Crippen molar-refractivity contribution < 1.29 is 19.1 Å². The molecule has 184 valence electrons. The van der Waals surface area contributed by atoms with Crippen LogP contribution in [0, 0.1) is 17.3 Å². The summed E-state index contributed by atoms with van der Waals surface area (Å²) in [6.45, 7) is 13.8. The van der Waals surface area contributed by atoms with E-state index < -0.39 is 5.60 Å². The van der Waals surface area contributed by atoms with Crippen molar-refractivity contribution >= 4 is 17.9 Å². The van der Waals surface area contributed by atoms with E-state index in [9.17, 15) is 14.4 Å². The quantitative estimate of drug-likeness (QED) is 0.670. The van der Waals surface area contributed by atoms with Gasteiger partial charge in [-0.25, -0.2) is 4.79 Å². The molecule has 2 heterocycles. The lowest BCUT2D eigenvalue weighted by Crippen LogP contribution is -2.49. The molecule has 0 aromatic rings. The first-order valence-corrected chi connectivity index (χ1v) is 12.0. The van der Waals surface area contributed by atoms with Gasteiger partial charge >= 0.3 is 6.09 Å². The number of likely N-dealkylation sites (tertiary alicyclic amines) is 2. The predicted octanol–water partition coefficient (Wildman–Crippen LogP) is 2.58. The van der Waals surface area contributed by atoms with Gasteiger partial charge in [-0.05, 0) is 66.0 Å². The van der Waals surface area contributed by atoms with Gasteiger partial charge in [0, 0.05) is 51.1 Å². The van der Waals surface area contributed by atoms with E-state index in [-0.39, 0.29) is 35.2 Å². The van der Waals surface area contributed by atoms with Crippen molar-refractivity contribution in [2.24, 2.45) is 17.3 Å². The Hall–Kier alpha value is -1.83. The maximum Gasteiger partial charge on any atom is 0.410 e. The molecule has 0 atom stereocenters. The smallest absolute Gasteiger partial charge is 0.410 e. The SMILES string of the molecule is CN(C)CC(C)(C)CNC(=O)C1CCN(C(=O)C2CCN(C(=O)OC(C)(C)C)CC2)CC1. The Morgan fingerprint density at radius 1 is 0.875 bits per heavy atom. The molecule has 0 aromatic heterocycles. The lowest BCUT2D eigenvalue weighted by atomic mass is 9.90. The van der Waals surface area contributed by atoms with Gasteiger partial charge in [0.25, 0.3) is 0 Å². The van der Waals surface area contributed by atoms with E-state index in [1.165, 1.54) is 0 Å². The fourth-order valence-corrected chi connectivity index (χ4v) is 4.64. The minimum Gasteiger partial charge on any atom is -0.444 e. The van der Waals surface area contributed by atoms with Crippen molar-refractivity contribution in [3.63, 3.8) is 0 Å². The highest BCUT2D eigenvalue weighted by Gasteiger charge is 2.34. The molecule has 2 fully saturated rings. The van der Waals surface area contributed by atoms with Gasteiger partial charge in [-0.2, -0.15) is 0 Å². The van der Waals surface area contributed by atoms with Crippen molar-refractivity contribution in [3.8, 4) is 0 Å². The Balaban J connectivity index is 1.74. The van der Waals surface area contributed by atoms with Crippen LogP contribution in [0.15, 0.2) is 0 Å². The van der Waals surface area contributed by atoms with Crippen LogP contribution < -0.4 is 5.32 Å². The Morgan fingerprint density at radius 2 is 1.38 bits per heavy atom. The van der Waals surface area contributed by atoms with Crippen LogP contribution in [0.3, 0.4) is 0 Å². The maximum absolute atomic E-state index is 13.0. The van der Waals surface area contributed by atoms with E-state index in [1.807, 2.05) is 39.8 Å². The second-order valence-electron chi connectivity index (χ2n) is 11.5. The average molecular weight is 453 g/mol. The van der Waals surface area contributed by atoms with E-state index in [2.05, 4.69) is 24.1 Å². The summed E-state index contributed by atoms with van der Waals surface area (Å²) in [4.78, 5) is 43.6. The van der Waals surface area contributed by atoms with Gasteiger partial charge in [0.15, 0.2) is 0 Å². The Labute approximate surface area is 194 Å². The van der Waals surface area contributed by atoms with Gasteiger partial charge in [0.2, 0.25) is 11.8 Å². The molecule has 32 heavy (non-hydrogen) atoms. The Morgan fingerprint density at radius 3 is 1.88 bits per heavy atom. The molecule has 2 aliphatic rings. The maximum atomic E-state index is 13.0. The predicted molar refractivity (Wildman–Crippen MR) is 125 cm³/mol. The molecular formula is C24H44N4O4. The zero-order valence-electron chi connectivity index (χ0n) is 21.2. The summed E-state index contributed by atoms with van der Waals surface area (Å²) in [6, 6.07) is 0. The van der Waals surface area contributed by atoms with E-state index >= 15 is 0 Å². The third-order valence-corrected chi connectivity index (χ3v) is 6.16. The Bertz CT molecular complexity index is 655. The van der Waals surface area contributed by atoms with Crippen LogP contribution in [0.5, 0.6) is 0 Å². The van der Waals surface area contributed by atoms with E-state index in [1.54, 1.807) is 4.90 Å². The minimum absolute atomic E-state index is 0.0179. The van der Waals surface area contributed by atoms with Crippen LogP contribution in [0.1, 0.15) is 60.3 Å². The molecule has 2 rings (SSSR count). The van der Waals surface area contributed by atoms with Crippen LogP contribution in [0.4, 0.5) is 4.79 Å². The zero-order chi connectivity index (χ0) is 24.1. The van der Waals surface area contributed by atoms with Crippen LogP contribution in [-0.2, 0) is 14.3 Å². The summed E-state index contributed by atoms with van der Waals surface area (Å²) in [6.07, 6.45) is 2.45. The highest BCUT2D eigenvalue weighted by Crippen LogP contribution is 2.25. The van der Waals surface area contributed by atoms with Gasteiger partial charge in [0.1, 0.15) is 5.60 Å². The number of carbonyl (C=O) groups excluding carboxylic acids is 3. The van der Waals surface area contributed by atoms with Crippen molar-refractivity contribution in [2.45, 2.75) is 65.9 Å². The fraction of sp³-hybridized carbons (Fsp3) is 0.875. The van der Waals surface area contributed by atoms with Gasteiger partial charge in [-0.1, -0.05) is 13.8 Å². The third kappa shape index (κ3) is 8.26. The number of nitrogens with one attached hydrogen (secondary N) is 1. The monoisotopic (exact) mass is 452 g/mol. The van der Waals surface area contributed by atoms with Crippen molar-refractivity contribution in [1.82, 2.24) is 20.0 Å². The van der Waals surface area contributed by atoms with Gasteiger partial charge in [0.05, 0.1) is 0 Å². The van der Waals surface area contributed by atoms with Crippen LogP contribution in [0.25, 0.3) is 0 Å². The summed E-state index contributed by atoms with van der Waals surface area (Å²) >= 11 is 0. The number of nitrogens with zero attached hydrogens (tertiary/aromatic N) is 3. The highest BCUT2D eigenvalue weighted by molar-refractivity contribution is 5.81. The van der Waals surface area contributed by atoms with E-state index in [4.69, 9.17) is 4.74 Å². The first-order valence-electron chi connectivity index (χ1n) is 12.0. The standard InChI is InChI=1S/C24H44N4O4/c1-23(2,3)32-22(31)28-14-10-19(11-15-28)21(30)27-12-8-18(9-13-27)20(29)25-16-24(4,5)17-26(6)7/h18-19H,8-17H2,1-7H3,(H,25,29). The second-order valence-corrected chi connectivity index (χ2v) is 11.5. The largest absolute Gasteiger partial charge is 0.444 e. The normalized spacial score (nSPS) is 19.2. The molecule has 1 N–H and O–H groups in total. The first-order chi connectivity index (χ1) is 14.8. The number of rotatable bonds is 6. The lowest BCUT2D eigenvalue weighted by Gasteiger charge is -2.37. The molecule has 8 heteroatoms. The Kier molecular flexibility index (Phi) is 8.97. The minimum atomic E-state index is -0.511. The van der Waals surface area contributed by atoms with Gasteiger partial charge < -0.3 is 24.8 Å². The molecule has 2 saturated heterocycles. The molecule has 0 unspecified atom stereocenters. The van der Waals surface area contributed by atoms with Gasteiger partial charge in [-0.15, -0.1) is 0 Å². The highest BCUT2D eigenvalue weighted by atomic mass is 16.6. The molecule has 0 spiro atoms. The summed E-state index contributed by atoms with van der Waals surface area (Å²) in [5.41, 5.74) is -0.494. The van der Waals surface area contributed by atoms with E-state index in [0.29, 0.717) is 58.4 Å². The average Bonchev–Trinajstić information content (AvgIpc) is 2.69. The summed E-state index contributed by atoms with van der Waals surface area (Å²) in [5.74, 6) is 0.198. The summed E-state index contributed by atoms with van der Waals surface area (Å²) in [5, 5.41) is 3.12. The molecule has 3 amide bonds. The molecule has 2 aliphatic heterocycles. The summed E-state index contributed by atoms with van der Waals surface area (Å²) < 4.78 is 5.43. The number of piperidine rings is 2. The van der Waals surface area contributed by atoms with Crippen molar-refractivity contribution in [1.29, 1.82) is 0 Å². The van der Waals surface area contributed by atoms with Crippen molar-refractivity contribution in [2.75, 3.05) is 53.4 Å². The number of hydrogen-bond donors (Lipinski definition) is 1. The molecule has 8 nitrogen and oxygen atoms in total. The number of hydrogen-bond acceptors (Lipinski definition) is 5. The zero-order valence-corrected chi connectivity index (χ0v) is 21.2. The number of carbonyl (C=O) groups is 3. The molecule has 0 saturated carbocycles. The first kappa shape index (κ1) is 26.4. The third-order valence-electron chi connectivity index (χ3n) is 6.16. The van der Waals surface area contributed by atoms with Crippen molar-refractivity contribution in [3.05, 3.63) is 0 Å². The molecular weight excluding hydrogens is 408 g/mol. The van der Waals surface area contributed by atoms with Crippen LogP contribution >= 0.6 is 0 Å². The molecule has 0 aromatic carbocycles. The molecule has 0 bridgehead atoms. The summed E-state index contributed by atoms with van der Waals surface area (Å²) in [7, 11) is 4.08. The second kappa shape index (κ2) is 10.9. The molecule has 0 radical (unpaired) electrons. The number of amides is 3. The van der Waals surface area contributed by atoms with E-state index in [0.717, 1.165) is 6.54 Å². The topological polar surface area (TPSA) is 82.2 Å². The fourth-order valence-electron chi connectivity index (χ4n) is 4.64.